The van der Waals surface area contributed by atoms with Crippen LogP contribution in [0.3, 0.4) is 0 Å². The van der Waals surface area contributed by atoms with Crippen molar-refractivity contribution in [3.8, 4) is 0 Å². The highest BCUT2D eigenvalue weighted by molar-refractivity contribution is 5.15. The van der Waals surface area contributed by atoms with E-state index in [1.807, 2.05) is 0 Å². The van der Waals surface area contributed by atoms with Gasteiger partial charge in [0, 0.05) is 87.6 Å². The average Bonchev–Trinajstić information content (AvgIpc) is 1.57. The van der Waals surface area contributed by atoms with Crippen LogP contribution in [0.25, 0.3) is 0 Å². The third kappa shape index (κ3) is 31.1. The number of likely N-dealkylation sites (N-methyl/N-ethyl adjacent to an activating group) is 5. The number of fused-ring (bicyclic) bond motifs is 1. The number of rotatable bonds is 25. The number of piperazine rings is 1. The summed E-state index contributed by atoms with van der Waals surface area (Å²) in [6.07, 6.45) is 27.9. The van der Waals surface area contributed by atoms with Gasteiger partial charge in [-0.05, 0) is 333 Å². The zero-order valence-corrected chi connectivity index (χ0v) is 66.9. The van der Waals surface area contributed by atoms with Crippen molar-refractivity contribution in [1.29, 1.82) is 0 Å². The number of nitrogens with zero attached hydrogens (tertiary/aromatic N) is 9. The standard InChI is InChI=1S/C15H30N2O.C11H24N2O.3C11H21NO.C11H23NO.C9H19NO/c1-12(2)18-13(3)15-6-5-9-17(15)14-7-10-16(4)11-8-14;1-10(2)14-11(3)9-13-7-5-12(4)6-8-13;1-8(2)13-7-10-5-9-6-11(9,3)12(10)4;1-9(2)13-7-10-6-11(4-5-11)8-12(10)3;1-10(2)13-11(5-6-11)9-12-7-3-4-8-12;1-5-11(13-9(2)3)10-7-6-8-12(10)4;1-8(2)11-7-9-5-4-6-10(9)3/h12-15H,5-11H2,1-4H3;10-11H,5-9H2,1-4H3;8-10H,5-7H2,1-4H3;9-10H,4-8H2,1-3H3;10H,3-9H2,1-2H3;9-11H,5-8H2,1-4H3;8-9H,4-7H2,1-3H3/t13-,15-;;9-,10+,11+;10-;;10-,11-;9-/m0.10.01/s1. The molecule has 8 aliphatic heterocycles. The van der Waals surface area contributed by atoms with Gasteiger partial charge in [0.1, 0.15) is 0 Å². The van der Waals surface area contributed by atoms with Gasteiger partial charge in [-0.3, -0.25) is 14.7 Å². The van der Waals surface area contributed by atoms with E-state index in [2.05, 4.69) is 211 Å². The zero-order valence-electron chi connectivity index (χ0n) is 66.9. The molecule has 0 radical (unpaired) electrons. The van der Waals surface area contributed by atoms with Gasteiger partial charge in [-0.2, -0.15) is 0 Å². The highest BCUT2D eigenvalue weighted by atomic mass is 16.5. The smallest absolute Gasteiger partial charge is 0.0814 e. The molecule has 0 aromatic carbocycles. The van der Waals surface area contributed by atoms with E-state index in [0.717, 1.165) is 50.2 Å². The van der Waals surface area contributed by atoms with Gasteiger partial charge in [-0.15, -0.1) is 0 Å². The van der Waals surface area contributed by atoms with Crippen molar-refractivity contribution in [2.75, 3.05) is 154 Å². The summed E-state index contributed by atoms with van der Waals surface area (Å²) in [5.41, 5.74) is 1.52. The molecule has 0 bridgehead atoms. The number of hydrogen-bond donors (Lipinski definition) is 0. The Balaban J connectivity index is 0.000000202. The first kappa shape index (κ1) is 85.0. The summed E-state index contributed by atoms with van der Waals surface area (Å²) in [4.78, 5) is 22.5. The largest absolute Gasteiger partial charge is 0.377 e. The number of hydrogen-bond acceptors (Lipinski definition) is 16. The summed E-state index contributed by atoms with van der Waals surface area (Å²) in [5, 5.41) is 0. The number of likely N-dealkylation sites (tertiary alicyclic amines) is 7. The molecule has 0 N–H and O–H groups in total. The van der Waals surface area contributed by atoms with E-state index in [1.54, 1.807) is 0 Å². The molecule has 0 amide bonds. The Morgan fingerprint density at radius 1 is 0.442 bits per heavy atom. The van der Waals surface area contributed by atoms with Crippen LogP contribution < -0.4 is 0 Å². The molecule has 0 aromatic heterocycles. The van der Waals surface area contributed by atoms with Crippen LogP contribution in [0.4, 0.5) is 0 Å². The maximum Gasteiger partial charge on any atom is 0.0814 e. The lowest BCUT2D eigenvalue weighted by molar-refractivity contribution is -0.0386. The fraction of sp³-hybridized carbons (Fsp3) is 1.00. The van der Waals surface area contributed by atoms with Crippen LogP contribution in [0, 0.1) is 11.3 Å². The molecule has 1 unspecified atom stereocenters. The molecular weight excluding hydrogens is 1190 g/mol. The topological polar surface area (TPSA) is 93.8 Å². The third-order valence-corrected chi connectivity index (χ3v) is 22.7. The molecule has 16 nitrogen and oxygen atoms in total. The van der Waals surface area contributed by atoms with Crippen LogP contribution in [0.1, 0.15) is 240 Å². The van der Waals surface area contributed by atoms with E-state index in [9.17, 15) is 0 Å². The van der Waals surface area contributed by atoms with Crippen LogP contribution in [0.15, 0.2) is 0 Å². The lowest BCUT2D eigenvalue weighted by atomic mass is 10.0. The quantitative estimate of drug-likeness (QED) is 0.0867. The van der Waals surface area contributed by atoms with Crippen LogP contribution in [-0.4, -0.2) is 306 Å². The lowest BCUT2D eigenvalue weighted by Crippen LogP contribution is -2.49. The van der Waals surface area contributed by atoms with Crippen LogP contribution >= 0.6 is 0 Å². The molecule has 10 atom stereocenters. The predicted octanol–water partition coefficient (Wildman–Crippen LogP) is 13.0. The minimum atomic E-state index is 0.262. The van der Waals surface area contributed by atoms with Crippen molar-refractivity contribution in [3.63, 3.8) is 0 Å². The monoisotopic (exact) mass is 1350 g/mol. The second kappa shape index (κ2) is 42.2. The van der Waals surface area contributed by atoms with Crippen molar-refractivity contribution in [2.24, 2.45) is 11.3 Å². The normalized spacial score (nSPS) is 30.0. The molecule has 8 saturated heterocycles. The molecule has 3 aliphatic carbocycles. The van der Waals surface area contributed by atoms with Crippen molar-refractivity contribution in [2.45, 2.75) is 349 Å². The molecule has 8 heterocycles. The van der Waals surface area contributed by atoms with Crippen molar-refractivity contribution in [3.05, 3.63) is 0 Å². The van der Waals surface area contributed by atoms with Gasteiger partial charge in [0.15, 0.2) is 0 Å². The number of ether oxygens (including phenoxy) is 7. The van der Waals surface area contributed by atoms with E-state index in [-0.39, 0.29) is 5.60 Å². The molecule has 3 saturated carbocycles. The molecule has 0 aromatic rings. The highest BCUT2D eigenvalue weighted by Gasteiger charge is 2.60. The van der Waals surface area contributed by atoms with Gasteiger partial charge in [0.2, 0.25) is 0 Å². The summed E-state index contributed by atoms with van der Waals surface area (Å²) in [5.74, 6) is 0.957. The molecule has 11 rings (SSSR count). The highest BCUT2D eigenvalue weighted by Crippen LogP contribution is 2.57. The average molecular weight is 1350 g/mol. The Morgan fingerprint density at radius 2 is 0.968 bits per heavy atom. The fourth-order valence-electron chi connectivity index (χ4n) is 16.5. The van der Waals surface area contributed by atoms with Crippen molar-refractivity contribution >= 4 is 0 Å². The van der Waals surface area contributed by atoms with Gasteiger partial charge in [0.05, 0.1) is 86.5 Å². The second-order valence-electron chi connectivity index (χ2n) is 34.1. The Hall–Kier alpha value is -0.640. The van der Waals surface area contributed by atoms with Crippen LogP contribution in [0.5, 0.6) is 0 Å². The summed E-state index contributed by atoms with van der Waals surface area (Å²) >= 11 is 0. The van der Waals surface area contributed by atoms with E-state index in [0.29, 0.717) is 96.8 Å². The molecule has 95 heavy (non-hydrogen) atoms. The molecule has 11 fully saturated rings. The summed E-state index contributed by atoms with van der Waals surface area (Å²) in [6.45, 7) is 58.6. The Bertz CT molecular complexity index is 1980. The number of piperidine rings is 2. The summed E-state index contributed by atoms with van der Waals surface area (Å²) in [6, 6.07) is 4.15. The van der Waals surface area contributed by atoms with Crippen LogP contribution in [0.2, 0.25) is 0 Å². The lowest BCUT2D eigenvalue weighted by Gasteiger charge is -2.40. The van der Waals surface area contributed by atoms with Gasteiger partial charge < -0.3 is 62.6 Å². The van der Waals surface area contributed by atoms with E-state index in [1.165, 1.54) is 194 Å². The van der Waals surface area contributed by atoms with Gasteiger partial charge in [0.25, 0.3) is 0 Å². The Labute approximate surface area is 588 Å². The molecular formula is C79H159N9O7. The minimum Gasteiger partial charge on any atom is -0.377 e. The first-order valence-electron chi connectivity index (χ1n) is 39.8. The van der Waals surface area contributed by atoms with Crippen molar-refractivity contribution in [1.82, 2.24) is 44.1 Å². The van der Waals surface area contributed by atoms with Gasteiger partial charge in [-0.1, -0.05) is 6.92 Å². The maximum atomic E-state index is 6.02. The first-order chi connectivity index (χ1) is 44.8. The van der Waals surface area contributed by atoms with Crippen molar-refractivity contribution < 1.29 is 33.2 Å². The van der Waals surface area contributed by atoms with Gasteiger partial charge in [-0.25, -0.2) is 0 Å². The van der Waals surface area contributed by atoms with E-state index < -0.39 is 0 Å². The van der Waals surface area contributed by atoms with Crippen LogP contribution in [-0.2, 0) is 33.2 Å². The molecule has 562 valence electrons. The third-order valence-electron chi connectivity index (χ3n) is 22.7. The molecule has 11 aliphatic rings. The first-order valence-corrected chi connectivity index (χ1v) is 39.8. The summed E-state index contributed by atoms with van der Waals surface area (Å²) < 4.78 is 40.5. The Kier molecular flexibility index (Phi) is 37.8. The Morgan fingerprint density at radius 3 is 1.43 bits per heavy atom. The fourth-order valence-corrected chi connectivity index (χ4v) is 16.5. The predicted molar refractivity (Wildman–Crippen MR) is 400 cm³/mol. The maximum absolute atomic E-state index is 6.02. The molecule has 16 heteroatoms. The van der Waals surface area contributed by atoms with E-state index >= 15 is 0 Å². The minimum absolute atomic E-state index is 0.262. The zero-order chi connectivity index (χ0) is 70.2. The van der Waals surface area contributed by atoms with Gasteiger partial charge >= 0.3 is 0 Å². The SMILES string of the molecule is CC(C)OC(C)CN1CCN(C)CC1.CC(C)OC1(CN2CCCC2)CC1.CC(C)OC[C@@H]1CC2(CC2)CN1C.CC(C)OC[C@@H]1C[C@@H]2C[C@]2(C)N1C.CC(C)OC[C@H]1CCCN1C.CC(C)O[C@@H](C)[C@@H]1CCCN1C1CCN(C)CC1.CC[C@H](OC(C)C)[C@@H]1CCCN1C. The second-order valence-corrected chi connectivity index (χ2v) is 34.1. The molecule has 1 spiro atoms. The summed E-state index contributed by atoms with van der Waals surface area (Å²) in [7, 11) is 13.3. The van der Waals surface area contributed by atoms with E-state index in [4.69, 9.17) is 33.2 Å².